The lowest BCUT2D eigenvalue weighted by atomic mass is 9.81. The molecule has 0 aromatic carbocycles. The van der Waals surface area contributed by atoms with E-state index in [-0.39, 0.29) is 29.8 Å². The molecular formula is C13H16O2. The van der Waals surface area contributed by atoms with Gasteiger partial charge in [-0.15, -0.1) is 0 Å². The highest BCUT2D eigenvalue weighted by atomic mass is 16.2. The van der Waals surface area contributed by atoms with Crippen molar-refractivity contribution in [2.75, 3.05) is 0 Å². The minimum atomic E-state index is 0.0705. The summed E-state index contributed by atoms with van der Waals surface area (Å²) in [6, 6.07) is 0. The summed E-state index contributed by atoms with van der Waals surface area (Å²) in [6.45, 7) is 4.24. The van der Waals surface area contributed by atoms with Crippen LogP contribution in [0.15, 0.2) is 11.1 Å². The van der Waals surface area contributed by atoms with Gasteiger partial charge in [-0.3, -0.25) is 9.59 Å². The number of fused-ring (bicyclic) bond motifs is 5. The van der Waals surface area contributed by atoms with Gasteiger partial charge in [0.25, 0.3) is 0 Å². The largest absolute Gasteiger partial charge is 0.299 e. The normalized spacial score (nSPS) is 42.7. The second-order valence-electron chi connectivity index (χ2n) is 5.41. The topological polar surface area (TPSA) is 34.1 Å². The Bertz CT molecular complexity index is 357. The Morgan fingerprint density at radius 1 is 1.00 bits per heavy atom. The molecule has 3 aliphatic rings. The zero-order chi connectivity index (χ0) is 10.7. The average Bonchev–Trinajstić information content (AvgIpc) is 2.77. The van der Waals surface area contributed by atoms with Crippen molar-refractivity contribution < 1.29 is 9.59 Å². The summed E-state index contributed by atoms with van der Waals surface area (Å²) in [5.41, 5.74) is 2.80. The minimum absolute atomic E-state index is 0.0705. The molecule has 0 N–H and O–H groups in total. The molecule has 0 radical (unpaired) electrons. The van der Waals surface area contributed by atoms with E-state index < -0.39 is 0 Å². The summed E-state index contributed by atoms with van der Waals surface area (Å²) >= 11 is 0. The smallest absolute Gasteiger partial charge is 0.144 e. The Kier molecular flexibility index (Phi) is 1.74. The summed E-state index contributed by atoms with van der Waals surface area (Å²) in [7, 11) is 0. The lowest BCUT2D eigenvalue weighted by Gasteiger charge is -2.20. The van der Waals surface area contributed by atoms with Crippen molar-refractivity contribution in [2.45, 2.75) is 33.1 Å². The fourth-order valence-electron chi connectivity index (χ4n) is 4.19. The SMILES string of the molecule is CC(C)=C1[C@H]2CC[C@@H]1[C@@H]1C(=O)CC(=O)[C@@H]12. The van der Waals surface area contributed by atoms with Gasteiger partial charge in [0, 0.05) is 11.8 Å². The van der Waals surface area contributed by atoms with Crippen LogP contribution in [0.25, 0.3) is 0 Å². The van der Waals surface area contributed by atoms with E-state index in [1.807, 2.05) is 0 Å². The molecule has 15 heavy (non-hydrogen) atoms. The molecule has 3 fully saturated rings. The third-order valence-corrected chi connectivity index (χ3v) is 4.51. The number of Topliss-reactive ketones (excluding diaryl/α,β-unsaturated/α-hetero) is 2. The van der Waals surface area contributed by atoms with Crippen LogP contribution in [0.4, 0.5) is 0 Å². The van der Waals surface area contributed by atoms with E-state index in [4.69, 9.17) is 0 Å². The number of rotatable bonds is 0. The first kappa shape index (κ1) is 9.32. The molecule has 80 valence electrons. The van der Waals surface area contributed by atoms with Crippen LogP contribution >= 0.6 is 0 Å². The van der Waals surface area contributed by atoms with Gasteiger partial charge >= 0.3 is 0 Å². The number of hydrogen-bond donors (Lipinski definition) is 0. The molecule has 0 aliphatic heterocycles. The molecule has 2 nitrogen and oxygen atoms in total. The number of carbonyl (C=O) groups is 2. The number of ketones is 2. The molecule has 0 saturated heterocycles. The Morgan fingerprint density at radius 3 is 1.87 bits per heavy atom. The van der Waals surface area contributed by atoms with Crippen LogP contribution in [0.1, 0.15) is 33.1 Å². The molecule has 4 atom stereocenters. The molecule has 2 bridgehead atoms. The molecule has 3 saturated carbocycles. The van der Waals surface area contributed by atoms with E-state index in [9.17, 15) is 9.59 Å². The lowest BCUT2D eigenvalue weighted by molar-refractivity contribution is -0.123. The Balaban J connectivity index is 2.10. The zero-order valence-corrected chi connectivity index (χ0v) is 9.25. The van der Waals surface area contributed by atoms with E-state index in [2.05, 4.69) is 13.8 Å². The third kappa shape index (κ3) is 1.000. The van der Waals surface area contributed by atoms with Crippen molar-refractivity contribution in [1.29, 1.82) is 0 Å². The summed E-state index contributed by atoms with van der Waals surface area (Å²) in [4.78, 5) is 23.6. The van der Waals surface area contributed by atoms with Gasteiger partial charge in [-0.1, -0.05) is 11.1 Å². The predicted octanol–water partition coefficient (Wildman–Crippen LogP) is 2.14. The second kappa shape index (κ2) is 2.81. The van der Waals surface area contributed by atoms with E-state index in [0.717, 1.165) is 12.8 Å². The average molecular weight is 204 g/mol. The minimum Gasteiger partial charge on any atom is -0.299 e. The maximum absolute atomic E-state index is 11.8. The molecule has 0 unspecified atom stereocenters. The first-order chi connectivity index (χ1) is 7.11. The highest BCUT2D eigenvalue weighted by Gasteiger charge is 2.59. The molecule has 0 amide bonds. The van der Waals surface area contributed by atoms with E-state index in [1.165, 1.54) is 11.1 Å². The van der Waals surface area contributed by atoms with Crippen LogP contribution in [-0.4, -0.2) is 11.6 Å². The van der Waals surface area contributed by atoms with Crippen molar-refractivity contribution in [2.24, 2.45) is 23.7 Å². The van der Waals surface area contributed by atoms with Crippen LogP contribution in [0.5, 0.6) is 0 Å². The van der Waals surface area contributed by atoms with Crippen LogP contribution in [-0.2, 0) is 9.59 Å². The third-order valence-electron chi connectivity index (χ3n) is 4.51. The Morgan fingerprint density at radius 2 is 1.47 bits per heavy atom. The van der Waals surface area contributed by atoms with Crippen LogP contribution in [0.3, 0.4) is 0 Å². The number of allylic oxidation sites excluding steroid dienone is 2. The zero-order valence-electron chi connectivity index (χ0n) is 9.25. The van der Waals surface area contributed by atoms with Gasteiger partial charge in [0.2, 0.25) is 0 Å². The first-order valence-corrected chi connectivity index (χ1v) is 5.84. The molecule has 0 aromatic heterocycles. The van der Waals surface area contributed by atoms with Crippen molar-refractivity contribution in [3.05, 3.63) is 11.1 Å². The maximum Gasteiger partial charge on any atom is 0.144 e. The van der Waals surface area contributed by atoms with Crippen molar-refractivity contribution in [1.82, 2.24) is 0 Å². The second-order valence-corrected chi connectivity index (χ2v) is 5.41. The van der Waals surface area contributed by atoms with Crippen molar-refractivity contribution in [3.8, 4) is 0 Å². The standard InChI is InChI=1S/C13H16O2/c1-6(2)11-7-3-4-8(11)13-10(15)5-9(14)12(7)13/h7-8,12-13H,3-5H2,1-2H3/t7-,8+,12+,13-. The van der Waals surface area contributed by atoms with Crippen molar-refractivity contribution in [3.63, 3.8) is 0 Å². The summed E-state index contributed by atoms with van der Waals surface area (Å²) in [5, 5.41) is 0. The molecule has 0 aromatic rings. The van der Waals surface area contributed by atoms with Gasteiger partial charge in [-0.05, 0) is 38.5 Å². The van der Waals surface area contributed by atoms with E-state index >= 15 is 0 Å². The van der Waals surface area contributed by atoms with E-state index in [1.54, 1.807) is 0 Å². The van der Waals surface area contributed by atoms with Crippen LogP contribution in [0.2, 0.25) is 0 Å². The number of carbonyl (C=O) groups excluding carboxylic acids is 2. The Labute approximate surface area is 89.7 Å². The maximum atomic E-state index is 11.8. The number of hydrogen-bond acceptors (Lipinski definition) is 2. The first-order valence-electron chi connectivity index (χ1n) is 5.84. The van der Waals surface area contributed by atoms with Gasteiger partial charge in [0.05, 0.1) is 6.42 Å². The van der Waals surface area contributed by atoms with Crippen LogP contribution < -0.4 is 0 Å². The van der Waals surface area contributed by atoms with E-state index in [0.29, 0.717) is 11.8 Å². The van der Waals surface area contributed by atoms with Crippen molar-refractivity contribution >= 4 is 11.6 Å². The molecule has 3 aliphatic carbocycles. The van der Waals surface area contributed by atoms with Gasteiger partial charge < -0.3 is 0 Å². The quantitative estimate of drug-likeness (QED) is 0.447. The Hall–Kier alpha value is -0.920. The summed E-state index contributed by atoms with van der Waals surface area (Å²) in [6.07, 6.45) is 2.48. The molecular weight excluding hydrogens is 188 g/mol. The van der Waals surface area contributed by atoms with Gasteiger partial charge in [-0.2, -0.15) is 0 Å². The van der Waals surface area contributed by atoms with Gasteiger partial charge in [0.1, 0.15) is 11.6 Å². The van der Waals surface area contributed by atoms with Gasteiger partial charge in [-0.25, -0.2) is 0 Å². The highest BCUT2D eigenvalue weighted by Crippen LogP contribution is 2.59. The lowest BCUT2D eigenvalue weighted by Crippen LogP contribution is -2.24. The molecule has 3 rings (SSSR count). The highest BCUT2D eigenvalue weighted by molar-refractivity contribution is 6.10. The fourth-order valence-corrected chi connectivity index (χ4v) is 4.19. The monoisotopic (exact) mass is 204 g/mol. The molecule has 0 heterocycles. The van der Waals surface area contributed by atoms with Crippen LogP contribution in [0, 0.1) is 23.7 Å². The van der Waals surface area contributed by atoms with Gasteiger partial charge in [0.15, 0.2) is 0 Å². The molecule has 0 spiro atoms. The molecule has 2 heteroatoms. The summed E-state index contributed by atoms with van der Waals surface area (Å²) < 4.78 is 0. The fraction of sp³-hybridized carbons (Fsp3) is 0.692. The predicted molar refractivity (Wildman–Crippen MR) is 56.2 cm³/mol. The summed E-state index contributed by atoms with van der Waals surface area (Å²) in [5.74, 6) is 1.42.